The van der Waals surface area contributed by atoms with E-state index in [2.05, 4.69) is 13.8 Å². The minimum atomic E-state index is -0.805. The zero-order chi connectivity index (χ0) is 14.6. The van der Waals surface area contributed by atoms with Crippen LogP contribution < -0.4 is 5.73 Å². The van der Waals surface area contributed by atoms with Crippen molar-refractivity contribution in [1.29, 1.82) is 0 Å². The van der Waals surface area contributed by atoms with Gasteiger partial charge in [0.15, 0.2) is 0 Å². The molecule has 19 heavy (non-hydrogen) atoms. The number of carbonyl (C=O) groups is 2. The Morgan fingerprint density at radius 2 is 2.00 bits per heavy atom. The minimum Gasteiger partial charge on any atom is -0.481 e. The van der Waals surface area contributed by atoms with Crippen molar-refractivity contribution in [2.24, 2.45) is 29.4 Å². The van der Waals surface area contributed by atoms with Gasteiger partial charge in [0.1, 0.15) is 0 Å². The van der Waals surface area contributed by atoms with Crippen LogP contribution in [0.25, 0.3) is 0 Å². The van der Waals surface area contributed by atoms with E-state index < -0.39 is 11.9 Å². The molecular formula is C14H26N2O3. The van der Waals surface area contributed by atoms with Crippen molar-refractivity contribution >= 4 is 11.9 Å². The Labute approximate surface area is 115 Å². The van der Waals surface area contributed by atoms with Crippen LogP contribution in [0.4, 0.5) is 0 Å². The Kier molecular flexibility index (Phi) is 5.79. The van der Waals surface area contributed by atoms with Crippen molar-refractivity contribution in [2.45, 2.75) is 33.6 Å². The van der Waals surface area contributed by atoms with Gasteiger partial charge in [-0.25, -0.2) is 0 Å². The fourth-order valence-corrected chi connectivity index (χ4v) is 2.80. The summed E-state index contributed by atoms with van der Waals surface area (Å²) in [5.74, 6) is -0.433. The van der Waals surface area contributed by atoms with Crippen LogP contribution >= 0.6 is 0 Å². The molecule has 110 valence electrons. The van der Waals surface area contributed by atoms with Gasteiger partial charge in [-0.1, -0.05) is 20.8 Å². The number of nitrogens with zero attached hydrogens (tertiary/aromatic N) is 1. The first-order valence-electron chi connectivity index (χ1n) is 7.05. The molecule has 3 atom stereocenters. The molecule has 1 aliphatic heterocycles. The van der Waals surface area contributed by atoms with Gasteiger partial charge in [-0.2, -0.15) is 0 Å². The predicted molar refractivity (Wildman–Crippen MR) is 73.5 cm³/mol. The molecule has 0 saturated carbocycles. The van der Waals surface area contributed by atoms with Gasteiger partial charge in [0, 0.05) is 19.5 Å². The molecule has 1 heterocycles. The molecule has 0 aromatic carbocycles. The topological polar surface area (TPSA) is 83.6 Å². The fourth-order valence-electron chi connectivity index (χ4n) is 2.80. The van der Waals surface area contributed by atoms with Gasteiger partial charge in [0.2, 0.25) is 5.91 Å². The van der Waals surface area contributed by atoms with Crippen LogP contribution in [0, 0.1) is 23.7 Å². The SMILES string of the molecule is CC(C)CC(CN)CC(=O)N1CC(C)C(C(=O)O)C1. The van der Waals surface area contributed by atoms with Crippen molar-refractivity contribution < 1.29 is 14.7 Å². The average Bonchev–Trinajstić information content (AvgIpc) is 2.70. The lowest BCUT2D eigenvalue weighted by molar-refractivity contribution is -0.142. The van der Waals surface area contributed by atoms with E-state index in [9.17, 15) is 9.59 Å². The minimum absolute atomic E-state index is 0.0304. The summed E-state index contributed by atoms with van der Waals surface area (Å²) in [5, 5.41) is 9.07. The summed E-state index contributed by atoms with van der Waals surface area (Å²) in [5.41, 5.74) is 5.71. The number of amides is 1. The summed E-state index contributed by atoms with van der Waals surface area (Å²) in [4.78, 5) is 24.9. The van der Waals surface area contributed by atoms with Gasteiger partial charge in [0.05, 0.1) is 5.92 Å². The Hall–Kier alpha value is -1.10. The highest BCUT2D eigenvalue weighted by molar-refractivity contribution is 5.79. The van der Waals surface area contributed by atoms with Crippen LogP contribution in [0.3, 0.4) is 0 Å². The molecule has 0 aromatic rings. The molecule has 3 N–H and O–H groups in total. The standard InChI is InChI=1S/C14H26N2O3/c1-9(2)4-11(6-15)5-13(17)16-7-10(3)12(8-16)14(18)19/h9-12H,4-8,15H2,1-3H3,(H,18,19). The van der Waals surface area contributed by atoms with Crippen molar-refractivity contribution in [1.82, 2.24) is 4.90 Å². The summed E-state index contributed by atoms with van der Waals surface area (Å²) >= 11 is 0. The molecule has 1 aliphatic rings. The van der Waals surface area contributed by atoms with Gasteiger partial charge in [0.25, 0.3) is 0 Å². The van der Waals surface area contributed by atoms with Crippen LogP contribution in [0.1, 0.15) is 33.6 Å². The normalized spacial score (nSPS) is 24.8. The Bertz CT molecular complexity index is 331. The third-order valence-corrected chi connectivity index (χ3v) is 3.88. The number of carboxylic acid groups (broad SMARTS) is 1. The first kappa shape index (κ1) is 16.0. The van der Waals surface area contributed by atoms with Crippen LogP contribution in [-0.4, -0.2) is 41.5 Å². The van der Waals surface area contributed by atoms with Gasteiger partial charge >= 0.3 is 5.97 Å². The highest BCUT2D eigenvalue weighted by Gasteiger charge is 2.37. The quantitative estimate of drug-likeness (QED) is 0.759. The largest absolute Gasteiger partial charge is 0.481 e. The van der Waals surface area contributed by atoms with Crippen molar-refractivity contribution in [2.75, 3.05) is 19.6 Å². The molecule has 5 nitrogen and oxygen atoms in total. The van der Waals surface area contributed by atoms with E-state index >= 15 is 0 Å². The molecule has 0 aliphatic carbocycles. The number of rotatable bonds is 6. The number of likely N-dealkylation sites (tertiary alicyclic amines) is 1. The lowest BCUT2D eigenvalue weighted by atomic mass is 9.94. The van der Waals surface area contributed by atoms with E-state index in [1.165, 1.54) is 0 Å². The highest BCUT2D eigenvalue weighted by atomic mass is 16.4. The molecule has 0 bridgehead atoms. The molecule has 5 heteroatoms. The van der Waals surface area contributed by atoms with Gasteiger partial charge in [-0.15, -0.1) is 0 Å². The number of nitrogens with two attached hydrogens (primary N) is 1. The maximum atomic E-state index is 12.2. The molecule has 0 spiro atoms. The summed E-state index contributed by atoms with van der Waals surface area (Å²) in [6.07, 6.45) is 1.38. The fraction of sp³-hybridized carbons (Fsp3) is 0.857. The Morgan fingerprint density at radius 3 is 2.42 bits per heavy atom. The number of hydrogen-bond acceptors (Lipinski definition) is 3. The zero-order valence-electron chi connectivity index (χ0n) is 12.1. The summed E-state index contributed by atoms with van der Waals surface area (Å²) in [6.45, 7) is 7.52. The van der Waals surface area contributed by atoms with E-state index in [1.54, 1.807) is 4.90 Å². The van der Waals surface area contributed by atoms with Gasteiger partial charge < -0.3 is 15.7 Å². The number of carboxylic acids is 1. The second-order valence-corrected chi connectivity index (χ2v) is 6.16. The molecule has 0 radical (unpaired) electrons. The first-order chi connectivity index (χ1) is 8.85. The number of hydrogen-bond donors (Lipinski definition) is 2. The van der Waals surface area contributed by atoms with Crippen molar-refractivity contribution in [3.05, 3.63) is 0 Å². The number of aliphatic carboxylic acids is 1. The molecule has 1 rings (SSSR count). The Morgan fingerprint density at radius 1 is 1.37 bits per heavy atom. The lowest BCUT2D eigenvalue weighted by Gasteiger charge is -2.21. The smallest absolute Gasteiger partial charge is 0.308 e. The molecule has 1 saturated heterocycles. The van der Waals surface area contributed by atoms with E-state index in [-0.39, 0.29) is 17.7 Å². The third-order valence-electron chi connectivity index (χ3n) is 3.88. The molecule has 1 amide bonds. The lowest BCUT2D eigenvalue weighted by Crippen LogP contribution is -2.33. The number of carbonyl (C=O) groups excluding carboxylic acids is 1. The molecule has 0 aromatic heterocycles. The predicted octanol–water partition coefficient (Wildman–Crippen LogP) is 1.18. The molecule has 3 unspecified atom stereocenters. The van der Waals surface area contributed by atoms with Gasteiger partial charge in [-0.05, 0) is 30.7 Å². The molecule has 1 fully saturated rings. The van der Waals surface area contributed by atoms with E-state index in [4.69, 9.17) is 10.8 Å². The monoisotopic (exact) mass is 270 g/mol. The average molecular weight is 270 g/mol. The first-order valence-corrected chi connectivity index (χ1v) is 7.05. The third kappa shape index (κ3) is 4.49. The summed E-state index contributed by atoms with van der Waals surface area (Å²) in [7, 11) is 0. The van der Waals surface area contributed by atoms with E-state index in [0.29, 0.717) is 32.0 Å². The second-order valence-electron chi connectivity index (χ2n) is 6.16. The van der Waals surface area contributed by atoms with Crippen LogP contribution in [0.15, 0.2) is 0 Å². The van der Waals surface area contributed by atoms with Crippen LogP contribution in [0.2, 0.25) is 0 Å². The molecular weight excluding hydrogens is 244 g/mol. The van der Waals surface area contributed by atoms with E-state index in [0.717, 1.165) is 6.42 Å². The van der Waals surface area contributed by atoms with Crippen LogP contribution in [0.5, 0.6) is 0 Å². The second kappa shape index (κ2) is 6.89. The summed E-state index contributed by atoms with van der Waals surface area (Å²) in [6, 6.07) is 0. The zero-order valence-corrected chi connectivity index (χ0v) is 12.1. The van der Waals surface area contributed by atoms with Crippen molar-refractivity contribution in [3.8, 4) is 0 Å². The highest BCUT2D eigenvalue weighted by Crippen LogP contribution is 2.25. The van der Waals surface area contributed by atoms with Crippen molar-refractivity contribution in [3.63, 3.8) is 0 Å². The van der Waals surface area contributed by atoms with Gasteiger partial charge in [-0.3, -0.25) is 9.59 Å². The Balaban J connectivity index is 2.52. The van der Waals surface area contributed by atoms with E-state index in [1.807, 2.05) is 6.92 Å². The maximum absolute atomic E-state index is 12.2. The summed E-state index contributed by atoms with van der Waals surface area (Å²) < 4.78 is 0. The van der Waals surface area contributed by atoms with Crippen LogP contribution in [-0.2, 0) is 9.59 Å². The maximum Gasteiger partial charge on any atom is 0.308 e.